The summed E-state index contributed by atoms with van der Waals surface area (Å²) < 4.78 is 32.6. The number of nitrogens with zero attached hydrogens (tertiary/aromatic N) is 1. The first kappa shape index (κ1) is 18.4. The molecule has 23 heavy (non-hydrogen) atoms. The van der Waals surface area contributed by atoms with Crippen molar-refractivity contribution in [3.63, 3.8) is 0 Å². The Labute approximate surface area is 145 Å². The van der Waals surface area contributed by atoms with E-state index in [1.807, 2.05) is 20.8 Å². The van der Waals surface area contributed by atoms with E-state index in [9.17, 15) is 13.2 Å². The molecule has 1 aromatic rings. The van der Waals surface area contributed by atoms with Crippen molar-refractivity contribution in [1.82, 2.24) is 9.62 Å². The van der Waals surface area contributed by atoms with Crippen LogP contribution in [-0.4, -0.2) is 50.5 Å². The van der Waals surface area contributed by atoms with E-state index >= 15 is 0 Å². The number of sulfonamides is 1. The van der Waals surface area contributed by atoms with Gasteiger partial charge in [0.2, 0.25) is 10.0 Å². The minimum Gasteiger partial charge on any atom is -0.379 e. The van der Waals surface area contributed by atoms with Crippen LogP contribution in [0.3, 0.4) is 0 Å². The van der Waals surface area contributed by atoms with Crippen LogP contribution in [0.5, 0.6) is 0 Å². The summed E-state index contributed by atoms with van der Waals surface area (Å²) in [5.41, 5.74) is -0.0807. The van der Waals surface area contributed by atoms with Crippen LogP contribution in [0.2, 0.25) is 0 Å². The van der Waals surface area contributed by atoms with Crippen LogP contribution in [-0.2, 0) is 14.8 Å². The molecule has 0 aromatic heterocycles. The fourth-order valence-corrected chi connectivity index (χ4v) is 4.54. The lowest BCUT2D eigenvalue weighted by Crippen LogP contribution is -2.41. The number of morpholine rings is 1. The first-order valence-electron chi connectivity index (χ1n) is 7.31. The number of halogens is 1. The van der Waals surface area contributed by atoms with E-state index in [0.29, 0.717) is 36.3 Å². The van der Waals surface area contributed by atoms with Gasteiger partial charge in [0.1, 0.15) is 0 Å². The number of benzene rings is 1. The average molecular weight is 405 g/mol. The predicted molar refractivity (Wildman–Crippen MR) is 90.9 cm³/mol. The standard InChI is InChI=1S/C15H21BrN2O4S/c1-15(2,3)17-14(19)11-4-5-12(16)13(10-11)23(20,21)18-6-8-22-9-7-18/h4-5,10H,6-9H2,1-3H3,(H,17,19). The summed E-state index contributed by atoms with van der Waals surface area (Å²) in [5, 5.41) is 2.83. The third kappa shape index (κ3) is 4.53. The van der Waals surface area contributed by atoms with E-state index in [-0.39, 0.29) is 10.8 Å². The second-order valence-corrected chi connectivity index (χ2v) is 9.13. The quantitative estimate of drug-likeness (QED) is 0.835. The van der Waals surface area contributed by atoms with Gasteiger partial charge in [-0.2, -0.15) is 4.31 Å². The van der Waals surface area contributed by atoms with E-state index in [4.69, 9.17) is 4.74 Å². The molecule has 1 aliphatic rings. The number of ether oxygens (including phenoxy) is 1. The second-order valence-electron chi connectivity index (χ2n) is 6.37. The summed E-state index contributed by atoms with van der Waals surface area (Å²) in [6.07, 6.45) is 0. The summed E-state index contributed by atoms with van der Waals surface area (Å²) in [5.74, 6) is -0.302. The molecule has 6 nitrogen and oxygen atoms in total. The van der Waals surface area contributed by atoms with Gasteiger partial charge in [-0.25, -0.2) is 8.42 Å². The molecular formula is C15H21BrN2O4S. The van der Waals surface area contributed by atoms with E-state index in [1.54, 1.807) is 12.1 Å². The van der Waals surface area contributed by atoms with Crippen LogP contribution in [0, 0.1) is 0 Å². The molecule has 0 bridgehead atoms. The van der Waals surface area contributed by atoms with Crippen LogP contribution >= 0.6 is 15.9 Å². The fourth-order valence-electron chi connectivity index (χ4n) is 2.18. The number of carbonyl (C=O) groups excluding carboxylic acids is 1. The van der Waals surface area contributed by atoms with Crippen molar-refractivity contribution in [2.45, 2.75) is 31.2 Å². The molecule has 1 amide bonds. The highest BCUT2D eigenvalue weighted by atomic mass is 79.9. The van der Waals surface area contributed by atoms with Gasteiger partial charge in [0, 0.05) is 28.7 Å². The Morgan fingerprint density at radius 2 is 1.87 bits per heavy atom. The van der Waals surface area contributed by atoms with Crippen LogP contribution in [0.25, 0.3) is 0 Å². The molecule has 1 heterocycles. The van der Waals surface area contributed by atoms with Crippen molar-refractivity contribution in [3.05, 3.63) is 28.2 Å². The number of hydrogen-bond acceptors (Lipinski definition) is 4. The molecule has 0 spiro atoms. The van der Waals surface area contributed by atoms with Crippen LogP contribution in [0.4, 0.5) is 0 Å². The molecule has 1 aliphatic heterocycles. The van der Waals surface area contributed by atoms with E-state index < -0.39 is 15.6 Å². The number of amides is 1. The molecule has 0 unspecified atom stereocenters. The van der Waals surface area contributed by atoms with E-state index in [2.05, 4.69) is 21.2 Å². The number of nitrogens with one attached hydrogen (secondary N) is 1. The molecule has 0 atom stereocenters. The maximum atomic E-state index is 12.8. The topological polar surface area (TPSA) is 75.7 Å². The summed E-state index contributed by atoms with van der Waals surface area (Å²) in [6, 6.07) is 4.60. The minimum atomic E-state index is -3.67. The summed E-state index contributed by atoms with van der Waals surface area (Å²) in [6.45, 7) is 6.99. The van der Waals surface area contributed by atoms with Crippen LogP contribution in [0.1, 0.15) is 31.1 Å². The highest BCUT2D eigenvalue weighted by Gasteiger charge is 2.29. The SMILES string of the molecule is CC(C)(C)NC(=O)c1ccc(Br)c(S(=O)(=O)N2CCOCC2)c1. The van der Waals surface area contributed by atoms with Gasteiger partial charge in [0.25, 0.3) is 5.91 Å². The first-order chi connectivity index (χ1) is 10.6. The van der Waals surface area contributed by atoms with Crippen molar-refractivity contribution >= 4 is 31.9 Å². The first-order valence-corrected chi connectivity index (χ1v) is 9.54. The molecule has 128 valence electrons. The molecule has 8 heteroatoms. The van der Waals surface area contributed by atoms with Gasteiger partial charge < -0.3 is 10.1 Å². The smallest absolute Gasteiger partial charge is 0.251 e. The van der Waals surface area contributed by atoms with Gasteiger partial charge >= 0.3 is 0 Å². The van der Waals surface area contributed by atoms with Crippen molar-refractivity contribution in [2.24, 2.45) is 0 Å². The van der Waals surface area contributed by atoms with E-state index in [1.165, 1.54) is 10.4 Å². The summed E-state index contributed by atoms with van der Waals surface area (Å²) in [4.78, 5) is 12.4. The van der Waals surface area contributed by atoms with Gasteiger partial charge in [-0.15, -0.1) is 0 Å². The van der Waals surface area contributed by atoms with Crippen LogP contribution < -0.4 is 5.32 Å². The van der Waals surface area contributed by atoms with Gasteiger partial charge in [-0.05, 0) is 54.9 Å². The van der Waals surface area contributed by atoms with Crippen molar-refractivity contribution in [1.29, 1.82) is 0 Å². The second kappa shape index (κ2) is 6.88. The molecular weight excluding hydrogens is 384 g/mol. The Morgan fingerprint density at radius 3 is 2.43 bits per heavy atom. The van der Waals surface area contributed by atoms with Crippen molar-refractivity contribution < 1.29 is 17.9 Å². The Morgan fingerprint density at radius 1 is 1.26 bits per heavy atom. The maximum absolute atomic E-state index is 12.8. The van der Waals surface area contributed by atoms with E-state index in [0.717, 1.165) is 0 Å². The molecule has 2 rings (SSSR count). The normalized spacial score (nSPS) is 17.0. The van der Waals surface area contributed by atoms with Crippen LogP contribution in [0.15, 0.2) is 27.6 Å². The largest absolute Gasteiger partial charge is 0.379 e. The van der Waals surface area contributed by atoms with Gasteiger partial charge in [0.05, 0.1) is 18.1 Å². The Balaban J connectivity index is 2.35. The van der Waals surface area contributed by atoms with Crippen molar-refractivity contribution in [3.8, 4) is 0 Å². The number of rotatable bonds is 3. The molecule has 0 aliphatic carbocycles. The zero-order chi connectivity index (χ0) is 17.3. The lowest BCUT2D eigenvalue weighted by molar-refractivity contribution is 0.0730. The Bertz CT molecular complexity index is 692. The Kier molecular flexibility index (Phi) is 5.50. The predicted octanol–water partition coefficient (Wildman–Crippen LogP) is 2.00. The average Bonchev–Trinajstić information content (AvgIpc) is 2.46. The summed E-state index contributed by atoms with van der Waals surface area (Å²) in [7, 11) is -3.67. The third-order valence-electron chi connectivity index (χ3n) is 3.27. The molecule has 1 N–H and O–H groups in total. The highest BCUT2D eigenvalue weighted by Crippen LogP contribution is 2.27. The van der Waals surface area contributed by atoms with Crippen molar-refractivity contribution in [2.75, 3.05) is 26.3 Å². The number of hydrogen-bond donors (Lipinski definition) is 1. The highest BCUT2D eigenvalue weighted by molar-refractivity contribution is 9.10. The molecule has 0 radical (unpaired) electrons. The fraction of sp³-hybridized carbons (Fsp3) is 0.533. The zero-order valence-electron chi connectivity index (χ0n) is 13.4. The molecule has 0 saturated carbocycles. The minimum absolute atomic E-state index is 0.0981. The van der Waals surface area contributed by atoms with Gasteiger partial charge in [0.15, 0.2) is 0 Å². The maximum Gasteiger partial charge on any atom is 0.251 e. The molecule has 1 aromatic carbocycles. The third-order valence-corrected chi connectivity index (χ3v) is 6.16. The zero-order valence-corrected chi connectivity index (χ0v) is 15.8. The van der Waals surface area contributed by atoms with Gasteiger partial charge in [-0.3, -0.25) is 4.79 Å². The lowest BCUT2D eigenvalue weighted by atomic mass is 10.1. The number of carbonyl (C=O) groups is 1. The molecule has 1 saturated heterocycles. The summed E-state index contributed by atoms with van der Waals surface area (Å²) >= 11 is 3.27. The Hall–Kier alpha value is -0.960. The molecule has 1 fully saturated rings. The lowest BCUT2D eigenvalue weighted by Gasteiger charge is -2.26. The van der Waals surface area contributed by atoms with Gasteiger partial charge in [-0.1, -0.05) is 0 Å². The monoisotopic (exact) mass is 404 g/mol.